The first-order valence-corrected chi connectivity index (χ1v) is 10.5. The number of rotatable bonds is 7. The topological polar surface area (TPSA) is 99.1 Å². The summed E-state index contributed by atoms with van der Waals surface area (Å²) in [5, 5.41) is 3.19. The first-order valence-electron chi connectivity index (χ1n) is 10.5. The fourth-order valence-electron chi connectivity index (χ4n) is 3.15. The Morgan fingerprint density at radius 1 is 0.939 bits per heavy atom. The zero-order valence-electron chi connectivity index (χ0n) is 18.6. The van der Waals surface area contributed by atoms with E-state index in [9.17, 15) is 4.79 Å². The second-order valence-corrected chi connectivity index (χ2v) is 7.23. The van der Waals surface area contributed by atoms with Crippen LogP contribution >= 0.6 is 0 Å². The molecule has 2 heterocycles. The van der Waals surface area contributed by atoms with E-state index in [4.69, 9.17) is 9.47 Å². The van der Waals surface area contributed by atoms with Crippen molar-refractivity contribution in [2.45, 2.75) is 20.8 Å². The molecule has 0 bridgehead atoms. The molecule has 8 heteroatoms. The van der Waals surface area contributed by atoms with Crippen LogP contribution < -0.4 is 10.1 Å². The molecular formula is C25H23N5O3. The number of hydrogen-bond acceptors (Lipinski definition) is 8. The third kappa shape index (κ3) is 5.48. The number of esters is 1. The van der Waals surface area contributed by atoms with Crippen molar-refractivity contribution in [3.63, 3.8) is 0 Å². The number of carbonyl (C=O) groups is 1. The van der Waals surface area contributed by atoms with E-state index in [1.54, 1.807) is 19.1 Å². The number of aryl methyl sites for hydroxylation is 2. The third-order valence-electron chi connectivity index (χ3n) is 4.60. The minimum absolute atomic E-state index is 0.250. The van der Waals surface area contributed by atoms with Crippen molar-refractivity contribution in [1.82, 2.24) is 19.9 Å². The maximum Gasteiger partial charge on any atom is 0.343 e. The number of carbonyl (C=O) groups excluding carboxylic acids is 1. The van der Waals surface area contributed by atoms with Gasteiger partial charge in [-0.25, -0.2) is 24.7 Å². The molecule has 0 aliphatic heterocycles. The monoisotopic (exact) mass is 441 g/mol. The van der Waals surface area contributed by atoms with Gasteiger partial charge in [0.1, 0.15) is 17.1 Å². The van der Waals surface area contributed by atoms with E-state index in [-0.39, 0.29) is 12.2 Å². The lowest BCUT2D eigenvalue weighted by molar-refractivity contribution is 0.0526. The summed E-state index contributed by atoms with van der Waals surface area (Å²) in [6.07, 6.45) is 1.48. The average Bonchev–Trinajstić information content (AvgIpc) is 2.80. The Bertz CT molecular complexity index is 1240. The molecule has 2 aromatic carbocycles. The average molecular weight is 441 g/mol. The quantitative estimate of drug-likeness (QED) is 0.388. The highest BCUT2D eigenvalue weighted by Gasteiger charge is 2.17. The molecule has 0 saturated carbocycles. The first-order chi connectivity index (χ1) is 16.0. The molecule has 0 aliphatic rings. The van der Waals surface area contributed by atoms with E-state index < -0.39 is 5.97 Å². The van der Waals surface area contributed by atoms with Gasteiger partial charge >= 0.3 is 12.0 Å². The third-order valence-corrected chi connectivity index (χ3v) is 4.60. The second-order valence-electron chi connectivity index (χ2n) is 7.23. The van der Waals surface area contributed by atoms with E-state index in [1.165, 1.54) is 6.20 Å². The molecule has 166 valence electrons. The van der Waals surface area contributed by atoms with Crippen molar-refractivity contribution in [3.05, 3.63) is 83.8 Å². The molecule has 0 saturated heterocycles. The molecule has 0 fully saturated rings. The van der Waals surface area contributed by atoms with Crippen molar-refractivity contribution >= 4 is 17.5 Å². The molecule has 8 nitrogen and oxygen atoms in total. The summed E-state index contributed by atoms with van der Waals surface area (Å²) in [5.41, 5.74) is 3.47. The lowest BCUT2D eigenvalue weighted by atomic mass is 10.2. The first kappa shape index (κ1) is 21.9. The van der Waals surface area contributed by atoms with Gasteiger partial charge in [-0.15, -0.1) is 0 Å². The van der Waals surface area contributed by atoms with Gasteiger partial charge in [0.2, 0.25) is 0 Å². The van der Waals surface area contributed by atoms with Gasteiger partial charge in [0.15, 0.2) is 5.82 Å². The fraction of sp³-hybridized carbons (Fsp3) is 0.160. The van der Waals surface area contributed by atoms with Gasteiger partial charge in [-0.2, -0.15) is 0 Å². The number of benzene rings is 2. The van der Waals surface area contributed by atoms with E-state index in [0.717, 1.165) is 17.0 Å². The normalized spacial score (nSPS) is 10.5. The summed E-state index contributed by atoms with van der Waals surface area (Å²) >= 11 is 0. The van der Waals surface area contributed by atoms with Crippen LogP contribution in [0.5, 0.6) is 11.8 Å². The van der Waals surface area contributed by atoms with E-state index in [2.05, 4.69) is 25.3 Å². The Labute approximate surface area is 191 Å². The van der Waals surface area contributed by atoms with Gasteiger partial charge in [0.05, 0.1) is 6.61 Å². The van der Waals surface area contributed by atoms with Crippen LogP contribution in [0.2, 0.25) is 0 Å². The highest BCUT2D eigenvalue weighted by Crippen LogP contribution is 2.26. The minimum Gasteiger partial charge on any atom is -0.462 e. The summed E-state index contributed by atoms with van der Waals surface area (Å²) in [7, 11) is 0. The molecule has 4 aromatic rings. The molecule has 0 aliphatic carbocycles. The molecule has 33 heavy (non-hydrogen) atoms. The van der Waals surface area contributed by atoms with E-state index in [0.29, 0.717) is 29.1 Å². The van der Waals surface area contributed by atoms with Crippen molar-refractivity contribution in [2.24, 2.45) is 0 Å². The number of hydrogen-bond donors (Lipinski definition) is 1. The lowest BCUT2D eigenvalue weighted by Crippen LogP contribution is -2.11. The van der Waals surface area contributed by atoms with Gasteiger partial charge in [-0.1, -0.05) is 30.3 Å². The molecular weight excluding hydrogens is 418 g/mol. The lowest BCUT2D eigenvalue weighted by Gasteiger charge is -2.12. The van der Waals surface area contributed by atoms with Crippen LogP contribution in [0.1, 0.15) is 28.7 Å². The van der Waals surface area contributed by atoms with Gasteiger partial charge < -0.3 is 14.8 Å². The summed E-state index contributed by atoms with van der Waals surface area (Å²) in [6, 6.07) is 18.9. The predicted octanol–water partition coefficient (Wildman–Crippen LogP) is 5.26. The maximum absolute atomic E-state index is 12.4. The fourth-order valence-corrected chi connectivity index (χ4v) is 3.15. The van der Waals surface area contributed by atoms with Crippen LogP contribution in [0, 0.1) is 13.8 Å². The second kappa shape index (κ2) is 9.86. The Balaban J connectivity index is 1.59. The Kier molecular flexibility index (Phi) is 6.54. The van der Waals surface area contributed by atoms with Gasteiger partial charge in [0, 0.05) is 28.8 Å². The minimum atomic E-state index is -0.494. The van der Waals surface area contributed by atoms with Gasteiger partial charge in [-0.3, -0.25) is 0 Å². The smallest absolute Gasteiger partial charge is 0.343 e. The molecule has 2 aromatic heterocycles. The summed E-state index contributed by atoms with van der Waals surface area (Å²) in [4.78, 5) is 29.9. The summed E-state index contributed by atoms with van der Waals surface area (Å²) < 4.78 is 10.9. The predicted molar refractivity (Wildman–Crippen MR) is 125 cm³/mol. The SMILES string of the molecule is CCOC(=O)c1cnc(-c2ccccc2)nc1Nc1ccc(Oc2nc(C)cc(C)n2)cc1. The number of nitrogens with zero attached hydrogens (tertiary/aromatic N) is 4. The highest BCUT2D eigenvalue weighted by atomic mass is 16.5. The summed E-state index contributed by atoms with van der Waals surface area (Å²) in [6.45, 7) is 5.79. The van der Waals surface area contributed by atoms with E-state index >= 15 is 0 Å². The number of aromatic nitrogens is 4. The number of nitrogens with one attached hydrogen (secondary N) is 1. The maximum atomic E-state index is 12.4. The molecule has 0 radical (unpaired) electrons. The molecule has 0 amide bonds. The molecule has 0 atom stereocenters. The Morgan fingerprint density at radius 3 is 2.30 bits per heavy atom. The number of ether oxygens (including phenoxy) is 2. The molecule has 1 N–H and O–H groups in total. The van der Waals surface area contributed by atoms with Crippen LogP contribution in [0.15, 0.2) is 66.9 Å². The Morgan fingerprint density at radius 2 is 1.64 bits per heavy atom. The summed E-state index contributed by atoms with van der Waals surface area (Å²) in [5.74, 6) is 0.946. The van der Waals surface area contributed by atoms with Crippen LogP contribution in [0.3, 0.4) is 0 Å². The van der Waals surface area contributed by atoms with Crippen molar-refractivity contribution in [1.29, 1.82) is 0 Å². The highest BCUT2D eigenvalue weighted by molar-refractivity contribution is 5.95. The number of anilines is 2. The largest absolute Gasteiger partial charge is 0.462 e. The van der Waals surface area contributed by atoms with Crippen molar-refractivity contribution in [2.75, 3.05) is 11.9 Å². The van der Waals surface area contributed by atoms with Crippen molar-refractivity contribution < 1.29 is 14.3 Å². The van der Waals surface area contributed by atoms with Gasteiger partial charge in [-0.05, 0) is 51.1 Å². The zero-order valence-corrected chi connectivity index (χ0v) is 18.6. The molecule has 0 spiro atoms. The van der Waals surface area contributed by atoms with Crippen molar-refractivity contribution in [3.8, 4) is 23.1 Å². The van der Waals surface area contributed by atoms with Crippen LogP contribution in [0.4, 0.5) is 11.5 Å². The molecule has 0 unspecified atom stereocenters. The zero-order chi connectivity index (χ0) is 23.2. The standard InChI is InChI=1S/C25H23N5O3/c1-4-32-24(31)21-15-26-22(18-8-6-5-7-9-18)30-23(21)29-19-10-12-20(13-11-19)33-25-27-16(2)14-17(3)28-25/h5-15H,4H2,1-3H3,(H,26,29,30). The van der Waals surface area contributed by atoms with E-state index in [1.807, 2.05) is 62.4 Å². The molecule has 4 rings (SSSR count). The Hall–Kier alpha value is -4.33. The van der Waals surface area contributed by atoms with Crippen LogP contribution in [-0.2, 0) is 4.74 Å². The van der Waals surface area contributed by atoms with Crippen LogP contribution in [-0.4, -0.2) is 32.5 Å². The van der Waals surface area contributed by atoms with Crippen LogP contribution in [0.25, 0.3) is 11.4 Å². The van der Waals surface area contributed by atoms with Gasteiger partial charge in [0.25, 0.3) is 0 Å².